The second-order valence-corrected chi connectivity index (χ2v) is 7.96. The van der Waals surface area contributed by atoms with Crippen molar-refractivity contribution in [1.29, 1.82) is 0 Å². The highest BCUT2D eigenvalue weighted by molar-refractivity contribution is 5.99. The van der Waals surface area contributed by atoms with Crippen LogP contribution in [0.25, 0.3) is 0 Å². The van der Waals surface area contributed by atoms with Crippen LogP contribution in [-0.2, 0) is 6.42 Å². The van der Waals surface area contributed by atoms with Crippen LogP contribution in [0.3, 0.4) is 0 Å². The van der Waals surface area contributed by atoms with E-state index in [0.29, 0.717) is 60.0 Å². The van der Waals surface area contributed by atoms with Gasteiger partial charge >= 0.3 is 0 Å². The lowest BCUT2D eigenvalue weighted by Gasteiger charge is -2.23. The molecule has 2 aromatic carbocycles. The van der Waals surface area contributed by atoms with E-state index in [2.05, 4.69) is 4.90 Å². The first kappa shape index (κ1) is 23.7. The molecule has 1 unspecified atom stereocenters. The molecule has 0 spiro atoms. The Morgan fingerprint density at radius 3 is 2.25 bits per heavy atom. The molecule has 1 saturated heterocycles. The fourth-order valence-corrected chi connectivity index (χ4v) is 3.95. The van der Waals surface area contributed by atoms with E-state index in [1.54, 1.807) is 6.07 Å². The Kier molecular flexibility index (Phi) is 7.82. The molecule has 1 heterocycles. The van der Waals surface area contributed by atoms with Crippen LogP contribution in [-0.4, -0.2) is 76.8 Å². The van der Waals surface area contributed by atoms with Gasteiger partial charge in [-0.1, -0.05) is 12.1 Å². The number of hydrogen-bond donors (Lipinski definition) is 1. The van der Waals surface area contributed by atoms with E-state index >= 15 is 0 Å². The molecule has 174 valence electrons. The van der Waals surface area contributed by atoms with Crippen LogP contribution in [0, 0.1) is 0 Å². The van der Waals surface area contributed by atoms with E-state index in [9.17, 15) is 4.79 Å². The molecule has 0 aromatic heterocycles. The predicted octanol–water partition coefficient (Wildman–Crippen LogP) is 2.78. The van der Waals surface area contributed by atoms with Gasteiger partial charge in [-0.3, -0.25) is 4.79 Å². The van der Waals surface area contributed by atoms with E-state index in [4.69, 9.17) is 24.7 Å². The van der Waals surface area contributed by atoms with E-state index < -0.39 is 0 Å². The summed E-state index contributed by atoms with van der Waals surface area (Å²) in [5.41, 5.74) is 7.13. The van der Waals surface area contributed by atoms with Crippen LogP contribution in [0.4, 0.5) is 0 Å². The largest absolute Gasteiger partial charge is 0.492 e. The molecular weight excluding hydrogens is 410 g/mol. The molecule has 0 saturated carbocycles. The van der Waals surface area contributed by atoms with Gasteiger partial charge in [0.1, 0.15) is 5.75 Å². The average Bonchev–Trinajstić information content (AvgIpc) is 3.30. The van der Waals surface area contributed by atoms with Gasteiger partial charge in [-0.25, -0.2) is 0 Å². The van der Waals surface area contributed by atoms with Gasteiger partial charge in [-0.15, -0.1) is 0 Å². The van der Waals surface area contributed by atoms with Crippen molar-refractivity contribution in [2.75, 3.05) is 55.1 Å². The quantitative estimate of drug-likeness (QED) is 0.638. The number of carbonyl (C=O) groups excluding carboxylic acids is 1. The minimum atomic E-state index is -0.129. The topological polar surface area (TPSA) is 86.5 Å². The first-order chi connectivity index (χ1) is 15.4. The summed E-state index contributed by atoms with van der Waals surface area (Å²) in [6, 6.07) is 9.66. The number of methoxy groups -OCH3 is 3. The fourth-order valence-electron chi connectivity index (χ4n) is 3.95. The molecule has 8 heteroatoms. The molecule has 1 aliphatic heterocycles. The average molecular weight is 444 g/mol. The second kappa shape index (κ2) is 10.6. The molecule has 1 amide bonds. The molecule has 32 heavy (non-hydrogen) atoms. The molecule has 2 aromatic rings. The van der Waals surface area contributed by atoms with Crippen molar-refractivity contribution in [2.45, 2.75) is 18.9 Å². The van der Waals surface area contributed by atoms with Gasteiger partial charge in [0.25, 0.3) is 5.91 Å². The summed E-state index contributed by atoms with van der Waals surface area (Å²) in [7, 11) is 8.61. The molecule has 0 bridgehead atoms. The first-order valence-electron chi connectivity index (χ1n) is 10.7. The van der Waals surface area contributed by atoms with Crippen molar-refractivity contribution in [1.82, 2.24) is 9.80 Å². The predicted molar refractivity (Wildman–Crippen MR) is 123 cm³/mol. The Hall–Kier alpha value is -2.97. The third kappa shape index (κ3) is 4.92. The number of nitrogens with zero attached hydrogens (tertiary/aromatic N) is 2. The minimum absolute atomic E-state index is 0.129. The lowest BCUT2D eigenvalue weighted by atomic mass is 10.1. The Bertz CT molecular complexity index is 930. The molecule has 8 nitrogen and oxygen atoms in total. The maximum atomic E-state index is 13.4. The number of likely N-dealkylation sites (tertiary alicyclic amines) is 1. The number of benzene rings is 2. The van der Waals surface area contributed by atoms with Gasteiger partial charge < -0.3 is 34.5 Å². The zero-order valence-corrected chi connectivity index (χ0v) is 19.5. The molecule has 1 atom stereocenters. The van der Waals surface area contributed by atoms with Crippen molar-refractivity contribution < 1.29 is 23.7 Å². The Morgan fingerprint density at radius 1 is 1.06 bits per heavy atom. The fraction of sp³-hybridized carbons (Fsp3) is 0.458. The third-order valence-electron chi connectivity index (χ3n) is 5.76. The van der Waals surface area contributed by atoms with Crippen LogP contribution in [0.15, 0.2) is 30.3 Å². The molecule has 1 aliphatic rings. The summed E-state index contributed by atoms with van der Waals surface area (Å²) in [6.07, 6.45) is 1.72. The first-order valence-corrected chi connectivity index (χ1v) is 10.7. The summed E-state index contributed by atoms with van der Waals surface area (Å²) in [6.45, 7) is 1.92. The smallest absolute Gasteiger partial charge is 0.257 e. The molecule has 0 aliphatic carbocycles. The van der Waals surface area contributed by atoms with Gasteiger partial charge in [0.2, 0.25) is 11.5 Å². The molecule has 0 radical (unpaired) electrons. The van der Waals surface area contributed by atoms with Crippen molar-refractivity contribution in [2.24, 2.45) is 5.73 Å². The highest BCUT2D eigenvalue weighted by Crippen LogP contribution is 2.48. The summed E-state index contributed by atoms with van der Waals surface area (Å²) in [4.78, 5) is 17.4. The van der Waals surface area contributed by atoms with Crippen molar-refractivity contribution in [3.63, 3.8) is 0 Å². The van der Waals surface area contributed by atoms with Crippen LogP contribution in [0.2, 0.25) is 0 Å². The van der Waals surface area contributed by atoms with Gasteiger partial charge in [0, 0.05) is 25.2 Å². The normalized spacial score (nSPS) is 15.7. The highest BCUT2D eigenvalue weighted by Gasteiger charge is 2.32. The number of rotatable bonds is 9. The summed E-state index contributed by atoms with van der Waals surface area (Å²) in [5, 5.41) is 0. The molecule has 2 N–H and O–H groups in total. The number of likely N-dealkylation sites (N-methyl/N-ethyl adjacent to an activating group) is 1. The highest BCUT2D eigenvalue weighted by atomic mass is 16.5. The van der Waals surface area contributed by atoms with Crippen LogP contribution >= 0.6 is 0 Å². The number of amides is 1. The van der Waals surface area contributed by atoms with E-state index in [0.717, 1.165) is 18.4 Å². The van der Waals surface area contributed by atoms with Gasteiger partial charge in [-0.2, -0.15) is 0 Å². The van der Waals surface area contributed by atoms with E-state index in [-0.39, 0.29) is 5.91 Å². The van der Waals surface area contributed by atoms with Crippen molar-refractivity contribution >= 4 is 5.91 Å². The Morgan fingerprint density at radius 2 is 1.72 bits per heavy atom. The molecular formula is C24H33N3O5. The maximum absolute atomic E-state index is 13.4. The van der Waals surface area contributed by atoms with Gasteiger partial charge in [0.05, 0.1) is 26.9 Å². The van der Waals surface area contributed by atoms with Gasteiger partial charge in [0.15, 0.2) is 11.5 Å². The Balaban J connectivity index is 1.99. The SMILES string of the molecule is COc1c(Oc2ccc(CCN)cc2)cc(C(=O)N2CCC(N(C)C)C2)c(OC)c1OC. The lowest BCUT2D eigenvalue weighted by Crippen LogP contribution is -2.34. The summed E-state index contributed by atoms with van der Waals surface area (Å²) >= 11 is 0. The maximum Gasteiger partial charge on any atom is 0.257 e. The number of ether oxygens (including phenoxy) is 4. The summed E-state index contributed by atoms with van der Waals surface area (Å²) in [5.74, 6) is 1.87. The number of carbonyl (C=O) groups is 1. The van der Waals surface area contributed by atoms with E-state index in [1.807, 2.05) is 43.3 Å². The summed E-state index contributed by atoms with van der Waals surface area (Å²) < 4.78 is 22.9. The zero-order chi connectivity index (χ0) is 23.3. The van der Waals surface area contributed by atoms with Crippen LogP contribution in [0.5, 0.6) is 28.7 Å². The standard InChI is InChI=1S/C24H33N3O5/c1-26(2)17-11-13-27(15-17)24(28)19-14-20(22(30-4)23(31-5)21(19)29-3)32-18-8-6-16(7-9-18)10-12-25/h6-9,14,17H,10-13,15,25H2,1-5H3. The van der Waals surface area contributed by atoms with Crippen LogP contribution < -0.4 is 24.7 Å². The molecule has 3 rings (SSSR count). The minimum Gasteiger partial charge on any atom is -0.492 e. The van der Waals surface area contributed by atoms with Crippen molar-refractivity contribution in [3.05, 3.63) is 41.5 Å². The number of hydrogen-bond acceptors (Lipinski definition) is 7. The monoisotopic (exact) mass is 443 g/mol. The Labute approximate surface area is 189 Å². The second-order valence-electron chi connectivity index (χ2n) is 7.96. The van der Waals surface area contributed by atoms with Crippen molar-refractivity contribution in [3.8, 4) is 28.7 Å². The number of nitrogens with two attached hydrogens (primary N) is 1. The zero-order valence-electron chi connectivity index (χ0n) is 19.5. The third-order valence-corrected chi connectivity index (χ3v) is 5.76. The van der Waals surface area contributed by atoms with Crippen LogP contribution in [0.1, 0.15) is 22.3 Å². The van der Waals surface area contributed by atoms with Gasteiger partial charge in [-0.05, 0) is 51.2 Å². The lowest BCUT2D eigenvalue weighted by molar-refractivity contribution is 0.0778. The van der Waals surface area contributed by atoms with E-state index in [1.165, 1.54) is 21.3 Å². The molecule has 1 fully saturated rings.